The third kappa shape index (κ3) is 4.90. The van der Waals surface area contributed by atoms with Crippen molar-refractivity contribution in [2.24, 2.45) is 5.73 Å². The van der Waals surface area contributed by atoms with Crippen molar-refractivity contribution in [3.8, 4) is 11.1 Å². The van der Waals surface area contributed by atoms with E-state index < -0.39 is 44.0 Å². The van der Waals surface area contributed by atoms with Crippen LogP contribution in [0.15, 0.2) is 59.8 Å². The van der Waals surface area contributed by atoms with E-state index in [1.807, 2.05) is 0 Å². The van der Waals surface area contributed by atoms with Crippen LogP contribution in [-0.2, 0) is 16.0 Å². The molecule has 0 fully saturated rings. The number of halogens is 4. The van der Waals surface area contributed by atoms with Crippen molar-refractivity contribution < 1.29 is 31.2 Å². The lowest BCUT2D eigenvalue weighted by Gasteiger charge is -2.23. The van der Waals surface area contributed by atoms with E-state index in [9.17, 15) is 31.2 Å². The number of imide groups is 1. The molecule has 0 saturated heterocycles. The lowest BCUT2D eigenvalue weighted by atomic mass is 10.0. The monoisotopic (exact) mass is 511 g/mol. The molecule has 0 bridgehead atoms. The summed E-state index contributed by atoms with van der Waals surface area (Å²) >= 11 is 6.25. The number of carbonyl (C=O) groups is 2. The predicted octanol–water partition coefficient (Wildman–Crippen LogP) is 4.86. The summed E-state index contributed by atoms with van der Waals surface area (Å²) in [6.07, 6.45) is -1.76. The second kappa shape index (κ2) is 9.07. The molecule has 0 saturated carbocycles. The molecule has 3 aromatic rings. The smallest absolute Gasteiger partial charge is 0.351 e. The van der Waals surface area contributed by atoms with Gasteiger partial charge in [0.2, 0.25) is 0 Å². The minimum Gasteiger partial charge on any atom is -0.351 e. The Hall–Kier alpha value is -3.44. The Labute approximate surface area is 197 Å². The molecule has 7 nitrogen and oxygen atoms in total. The van der Waals surface area contributed by atoms with Crippen molar-refractivity contribution in [2.45, 2.75) is 18.0 Å². The van der Waals surface area contributed by atoms with Crippen LogP contribution < -0.4 is 10.6 Å². The van der Waals surface area contributed by atoms with Gasteiger partial charge in [-0.1, -0.05) is 29.8 Å². The Morgan fingerprint density at radius 2 is 1.74 bits per heavy atom. The highest BCUT2D eigenvalue weighted by atomic mass is 35.5. The molecule has 2 aromatic carbocycles. The Kier molecular flexibility index (Phi) is 6.72. The van der Waals surface area contributed by atoms with Gasteiger partial charge >= 0.3 is 12.2 Å². The zero-order chi connectivity index (χ0) is 25.4. The van der Waals surface area contributed by atoms with Gasteiger partial charge in [0.15, 0.2) is 9.84 Å². The number of sulfone groups is 1. The zero-order valence-corrected chi connectivity index (χ0v) is 19.3. The maximum absolute atomic E-state index is 13.5. The van der Waals surface area contributed by atoms with Crippen LogP contribution in [0.4, 0.5) is 23.7 Å². The van der Waals surface area contributed by atoms with E-state index in [0.29, 0.717) is 28.9 Å². The van der Waals surface area contributed by atoms with E-state index in [-0.39, 0.29) is 21.8 Å². The van der Waals surface area contributed by atoms with Crippen LogP contribution in [0.1, 0.15) is 21.5 Å². The van der Waals surface area contributed by atoms with E-state index in [1.165, 1.54) is 19.2 Å². The Balaban J connectivity index is 2.29. The molecule has 3 rings (SSSR count). The zero-order valence-electron chi connectivity index (χ0n) is 17.7. The van der Waals surface area contributed by atoms with Gasteiger partial charge in [-0.3, -0.25) is 9.78 Å². The molecule has 34 heavy (non-hydrogen) atoms. The summed E-state index contributed by atoms with van der Waals surface area (Å²) in [5.41, 5.74) is 3.66. The van der Waals surface area contributed by atoms with E-state index in [1.54, 1.807) is 24.3 Å². The number of hydrogen-bond donors (Lipinski definition) is 1. The summed E-state index contributed by atoms with van der Waals surface area (Å²) in [5.74, 6) is -1.26. The highest BCUT2D eigenvalue weighted by Gasteiger charge is 2.36. The topological polar surface area (TPSA) is 110 Å². The summed E-state index contributed by atoms with van der Waals surface area (Å²) in [5, 5.41) is 0.265. The van der Waals surface area contributed by atoms with Gasteiger partial charge in [-0.05, 0) is 36.8 Å². The number of benzene rings is 2. The molecular formula is C22H17ClF3N3O4S. The predicted molar refractivity (Wildman–Crippen MR) is 120 cm³/mol. The minimum absolute atomic E-state index is 0.147. The van der Waals surface area contributed by atoms with Crippen molar-refractivity contribution in [1.29, 1.82) is 0 Å². The molecule has 3 amide bonds. The number of amides is 3. The summed E-state index contributed by atoms with van der Waals surface area (Å²) in [6.45, 7) is 1.17. The number of urea groups is 1. The van der Waals surface area contributed by atoms with Crippen LogP contribution in [0.3, 0.4) is 0 Å². The maximum atomic E-state index is 13.5. The standard InChI is InChI=1S/C22H17ClF3N3O4S/c1-12-16(9-13(22(24,25)26)10-19(12)34(2,32)33)20(30)29(21(27)31)18-11-28-8-7-15(18)14-5-3-4-6-17(14)23/h3-11H,1-2H3,(H2,27,31). The average molecular weight is 512 g/mol. The first-order chi connectivity index (χ1) is 15.7. The lowest BCUT2D eigenvalue weighted by molar-refractivity contribution is -0.137. The largest absolute Gasteiger partial charge is 0.416 e. The first-order valence-corrected chi connectivity index (χ1v) is 11.7. The second-order valence-corrected chi connectivity index (χ2v) is 9.66. The minimum atomic E-state index is -4.96. The van der Waals surface area contributed by atoms with Gasteiger partial charge in [0.1, 0.15) is 0 Å². The van der Waals surface area contributed by atoms with Gasteiger partial charge < -0.3 is 5.73 Å². The molecule has 2 N–H and O–H groups in total. The Morgan fingerprint density at radius 3 is 2.29 bits per heavy atom. The normalized spacial score (nSPS) is 11.8. The molecule has 0 spiro atoms. The molecule has 0 unspecified atom stereocenters. The number of pyridine rings is 1. The maximum Gasteiger partial charge on any atom is 0.416 e. The van der Waals surface area contributed by atoms with Gasteiger partial charge in [-0.15, -0.1) is 0 Å². The van der Waals surface area contributed by atoms with E-state index in [0.717, 1.165) is 6.20 Å². The number of nitrogens with two attached hydrogens (primary N) is 1. The van der Waals surface area contributed by atoms with Crippen LogP contribution in [0.2, 0.25) is 5.02 Å². The number of alkyl halides is 3. The molecular weight excluding hydrogens is 495 g/mol. The van der Waals surface area contributed by atoms with Gasteiger partial charge in [-0.2, -0.15) is 13.2 Å². The molecule has 0 aliphatic heterocycles. The lowest BCUT2D eigenvalue weighted by Crippen LogP contribution is -2.41. The first kappa shape index (κ1) is 25.2. The van der Waals surface area contributed by atoms with Gasteiger partial charge in [0.05, 0.1) is 22.3 Å². The molecule has 0 aliphatic rings. The molecule has 1 heterocycles. The third-order valence-electron chi connectivity index (χ3n) is 4.95. The third-order valence-corrected chi connectivity index (χ3v) is 6.50. The van der Waals surface area contributed by atoms with Crippen LogP contribution >= 0.6 is 11.6 Å². The van der Waals surface area contributed by atoms with Crippen molar-refractivity contribution >= 4 is 39.1 Å². The van der Waals surface area contributed by atoms with Crippen LogP contribution in [0.5, 0.6) is 0 Å². The number of hydrogen-bond acceptors (Lipinski definition) is 5. The number of aromatic nitrogens is 1. The van der Waals surface area contributed by atoms with Gasteiger partial charge in [-0.25, -0.2) is 18.1 Å². The Morgan fingerprint density at radius 1 is 1.09 bits per heavy atom. The van der Waals surface area contributed by atoms with Crippen molar-refractivity contribution in [1.82, 2.24) is 4.98 Å². The SMILES string of the molecule is Cc1c(C(=O)N(C(N)=O)c2cnccc2-c2ccccc2Cl)cc(C(F)(F)F)cc1S(C)(=O)=O. The summed E-state index contributed by atoms with van der Waals surface area (Å²) in [7, 11) is -4.16. The van der Waals surface area contributed by atoms with E-state index in [2.05, 4.69) is 4.98 Å². The highest BCUT2D eigenvalue weighted by Crippen LogP contribution is 2.37. The van der Waals surface area contributed by atoms with Crippen LogP contribution in [0, 0.1) is 6.92 Å². The van der Waals surface area contributed by atoms with E-state index in [4.69, 9.17) is 17.3 Å². The fraction of sp³-hybridized carbons (Fsp3) is 0.136. The number of primary amides is 1. The second-order valence-electron chi connectivity index (χ2n) is 7.27. The van der Waals surface area contributed by atoms with Gasteiger partial charge in [0.25, 0.3) is 5.91 Å². The van der Waals surface area contributed by atoms with Crippen molar-refractivity contribution in [2.75, 3.05) is 11.2 Å². The summed E-state index contributed by atoms with van der Waals surface area (Å²) in [4.78, 5) is 29.4. The molecule has 0 aliphatic carbocycles. The Bertz CT molecular complexity index is 1410. The van der Waals surface area contributed by atoms with E-state index >= 15 is 0 Å². The van der Waals surface area contributed by atoms with Crippen LogP contribution in [0.25, 0.3) is 11.1 Å². The quantitative estimate of drug-likeness (QED) is 0.538. The highest BCUT2D eigenvalue weighted by molar-refractivity contribution is 7.90. The van der Waals surface area contributed by atoms with Crippen molar-refractivity contribution in [3.05, 3.63) is 76.6 Å². The fourth-order valence-electron chi connectivity index (χ4n) is 3.38. The first-order valence-electron chi connectivity index (χ1n) is 9.48. The molecule has 0 atom stereocenters. The van der Waals surface area contributed by atoms with Gasteiger partial charge in [0, 0.05) is 34.2 Å². The number of rotatable bonds is 4. The number of anilines is 1. The number of carbonyl (C=O) groups excluding carboxylic acids is 2. The summed E-state index contributed by atoms with van der Waals surface area (Å²) in [6, 6.07) is 7.52. The molecule has 0 radical (unpaired) electrons. The molecule has 178 valence electrons. The fourth-order valence-corrected chi connectivity index (χ4v) is 4.62. The average Bonchev–Trinajstić information content (AvgIpc) is 2.73. The number of nitrogens with zero attached hydrogens (tertiary/aromatic N) is 2. The molecule has 1 aromatic heterocycles. The summed E-state index contributed by atoms with van der Waals surface area (Å²) < 4.78 is 64.8. The van der Waals surface area contributed by atoms with Crippen LogP contribution in [-0.4, -0.2) is 31.6 Å². The molecule has 12 heteroatoms. The van der Waals surface area contributed by atoms with Crippen molar-refractivity contribution in [3.63, 3.8) is 0 Å².